The molecule has 0 bridgehead atoms. The zero-order valence-corrected chi connectivity index (χ0v) is 17.1. The topological polar surface area (TPSA) is 48.6 Å². The van der Waals surface area contributed by atoms with E-state index in [0.29, 0.717) is 0 Å². The molecule has 29 heavy (non-hydrogen) atoms. The second kappa shape index (κ2) is 8.35. The van der Waals surface area contributed by atoms with Gasteiger partial charge in [-0.1, -0.05) is 37.6 Å². The molecule has 0 spiro atoms. The Hall–Kier alpha value is -3.34. The number of aryl methyl sites for hydroxylation is 1. The van der Waals surface area contributed by atoms with Gasteiger partial charge in [0.2, 0.25) is 5.95 Å². The molecule has 0 aliphatic rings. The maximum Gasteiger partial charge on any atom is 0.230 e. The molecule has 0 saturated carbocycles. The standard InChI is InChI=1S/C24H25N3O2/c1-4-5-15-27-20-11-7-6-10-19(20)26-24(27)25-16-17-13-14-21(28-2)18-9-8-12-22(29-3)23(17)18/h6-14,16H,4-5,15H2,1-3H3/b25-16+. The predicted molar refractivity (Wildman–Crippen MR) is 119 cm³/mol. The van der Waals surface area contributed by atoms with Crippen molar-refractivity contribution in [3.63, 3.8) is 0 Å². The zero-order chi connectivity index (χ0) is 20.2. The van der Waals surface area contributed by atoms with Crippen LogP contribution in [0.5, 0.6) is 11.5 Å². The van der Waals surface area contributed by atoms with Gasteiger partial charge in [-0.05, 0) is 36.8 Å². The smallest absolute Gasteiger partial charge is 0.230 e. The monoisotopic (exact) mass is 387 g/mol. The van der Waals surface area contributed by atoms with Crippen LogP contribution in [-0.4, -0.2) is 30.0 Å². The largest absolute Gasteiger partial charge is 0.496 e. The van der Waals surface area contributed by atoms with Gasteiger partial charge >= 0.3 is 0 Å². The maximum absolute atomic E-state index is 5.61. The van der Waals surface area contributed by atoms with E-state index in [2.05, 4.69) is 17.6 Å². The van der Waals surface area contributed by atoms with Crippen molar-refractivity contribution in [1.29, 1.82) is 0 Å². The van der Waals surface area contributed by atoms with E-state index in [9.17, 15) is 0 Å². The number of unbranched alkanes of at least 4 members (excludes halogenated alkanes) is 1. The zero-order valence-electron chi connectivity index (χ0n) is 17.1. The third-order valence-corrected chi connectivity index (χ3v) is 5.12. The SMILES string of the molecule is CCCCn1c(/N=C/c2ccc(OC)c3cccc(OC)c23)nc2ccccc21. The van der Waals surface area contributed by atoms with E-state index in [1.807, 2.05) is 54.7 Å². The molecule has 0 atom stereocenters. The first-order valence-corrected chi connectivity index (χ1v) is 9.90. The molecule has 0 unspecified atom stereocenters. The summed E-state index contributed by atoms with van der Waals surface area (Å²) in [4.78, 5) is 9.52. The minimum Gasteiger partial charge on any atom is -0.496 e. The predicted octanol–water partition coefficient (Wildman–Crippen LogP) is 5.76. The van der Waals surface area contributed by atoms with Crippen LogP contribution in [0.4, 0.5) is 5.95 Å². The Morgan fingerprint density at radius 1 is 0.966 bits per heavy atom. The molecular weight excluding hydrogens is 362 g/mol. The summed E-state index contributed by atoms with van der Waals surface area (Å²) < 4.78 is 13.3. The van der Waals surface area contributed by atoms with Crippen molar-refractivity contribution < 1.29 is 9.47 Å². The first kappa shape index (κ1) is 19.0. The highest BCUT2D eigenvalue weighted by Crippen LogP contribution is 2.34. The molecule has 4 rings (SSSR count). The molecule has 1 aromatic heterocycles. The number of ether oxygens (including phenoxy) is 2. The lowest BCUT2D eigenvalue weighted by Crippen LogP contribution is -1.97. The van der Waals surface area contributed by atoms with Crippen molar-refractivity contribution in [2.45, 2.75) is 26.3 Å². The van der Waals surface area contributed by atoms with Gasteiger partial charge in [0.25, 0.3) is 0 Å². The van der Waals surface area contributed by atoms with Gasteiger partial charge in [0, 0.05) is 29.1 Å². The second-order valence-electron chi connectivity index (χ2n) is 6.90. The quantitative estimate of drug-likeness (QED) is 0.379. The highest BCUT2D eigenvalue weighted by Gasteiger charge is 2.12. The number of aliphatic imine (C=N–C) groups is 1. The fourth-order valence-electron chi connectivity index (χ4n) is 3.65. The number of aromatic nitrogens is 2. The molecular formula is C24H25N3O2. The minimum atomic E-state index is 0.721. The van der Waals surface area contributed by atoms with Gasteiger partial charge in [-0.25, -0.2) is 9.98 Å². The number of fused-ring (bicyclic) bond motifs is 2. The van der Waals surface area contributed by atoms with Crippen LogP contribution >= 0.6 is 0 Å². The third kappa shape index (κ3) is 3.56. The van der Waals surface area contributed by atoms with E-state index in [1.54, 1.807) is 14.2 Å². The number of methoxy groups -OCH3 is 2. The summed E-state index contributed by atoms with van der Waals surface area (Å²) in [5.74, 6) is 2.33. The molecule has 4 aromatic rings. The van der Waals surface area contributed by atoms with Gasteiger partial charge in [-0.15, -0.1) is 0 Å². The van der Waals surface area contributed by atoms with Crippen molar-refractivity contribution in [3.05, 3.63) is 60.2 Å². The average molecular weight is 387 g/mol. The van der Waals surface area contributed by atoms with E-state index in [-0.39, 0.29) is 0 Å². The molecule has 3 aromatic carbocycles. The lowest BCUT2D eigenvalue weighted by molar-refractivity contribution is 0.415. The maximum atomic E-state index is 5.61. The molecule has 0 N–H and O–H groups in total. The molecule has 148 valence electrons. The molecule has 5 nitrogen and oxygen atoms in total. The van der Waals surface area contributed by atoms with E-state index < -0.39 is 0 Å². The molecule has 0 amide bonds. The van der Waals surface area contributed by atoms with Crippen molar-refractivity contribution in [1.82, 2.24) is 9.55 Å². The number of para-hydroxylation sites is 2. The number of benzene rings is 3. The molecule has 0 fully saturated rings. The van der Waals surface area contributed by atoms with Gasteiger partial charge in [-0.3, -0.25) is 0 Å². The van der Waals surface area contributed by atoms with Crippen LogP contribution in [0.1, 0.15) is 25.3 Å². The van der Waals surface area contributed by atoms with Crippen LogP contribution < -0.4 is 9.47 Å². The van der Waals surface area contributed by atoms with Gasteiger partial charge in [-0.2, -0.15) is 0 Å². The first-order valence-electron chi connectivity index (χ1n) is 9.90. The van der Waals surface area contributed by atoms with Crippen LogP contribution in [0.25, 0.3) is 21.8 Å². The molecule has 1 heterocycles. The Labute approximate surface area is 170 Å². The summed E-state index contributed by atoms with van der Waals surface area (Å²) in [6.45, 7) is 3.09. The van der Waals surface area contributed by atoms with Gasteiger partial charge in [0.05, 0.1) is 25.3 Å². The normalized spacial score (nSPS) is 11.6. The van der Waals surface area contributed by atoms with Crippen LogP contribution in [0, 0.1) is 0 Å². The number of imidazole rings is 1. The highest BCUT2D eigenvalue weighted by atomic mass is 16.5. The van der Waals surface area contributed by atoms with Crippen molar-refractivity contribution in [2.75, 3.05) is 14.2 Å². The summed E-state index contributed by atoms with van der Waals surface area (Å²) in [6, 6.07) is 18.1. The molecule has 0 saturated heterocycles. The fraction of sp³-hybridized carbons (Fsp3) is 0.250. The summed E-state index contributed by atoms with van der Waals surface area (Å²) >= 11 is 0. The number of rotatable bonds is 7. The fourth-order valence-corrected chi connectivity index (χ4v) is 3.65. The van der Waals surface area contributed by atoms with Crippen LogP contribution in [0.2, 0.25) is 0 Å². The summed E-state index contributed by atoms with van der Waals surface area (Å²) in [5, 5.41) is 1.98. The lowest BCUT2D eigenvalue weighted by Gasteiger charge is -2.11. The summed E-state index contributed by atoms with van der Waals surface area (Å²) in [6.07, 6.45) is 4.08. The van der Waals surface area contributed by atoms with E-state index >= 15 is 0 Å². The average Bonchev–Trinajstić information content (AvgIpc) is 3.12. The van der Waals surface area contributed by atoms with Crippen LogP contribution in [0.15, 0.2) is 59.6 Å². The molecule has 0 aliphatic carbocycles. The Kier molecular flexibility index (Phi) is 5.47. The lowest BCUT2D eigenvalue weighted by atomic mass is 10.0. The van der Waals surface area contributed by atoms with Crippen molar-refractivity contribution in [2.24, 2.45) is 4.99 Å². The van der Waals surface area contributed by atoms with E-state index in [1.165, 1.54) is 0 Å². The van der Waals surface area contributed by atoms with E-state index in [0.717, 1.165) is 64.2 Å². The Bertz CT molecular complexity index is 1180. The first-order chi connectivity index (χ1) is 14.3. The third-order valence-electron chi connectivity index (χ3n) is 5.12. The van der Waals surface area contributed by atoms with Gasteiger partial charge in [0.15, 0.2) is 0 Å². The van der Waals surface area contributed by atoms with Crippen LogP contribution in [0.3, 0.4) is 0 Å². The minimum absolute atomic E-state index is 0.721. The van der Waals surface area contributed by atoms with Crippen LogP contribution in [-0.2, 0) is 6.54 Å². The Balaban J connectivity index is 1.83. The van der Waals surface area contributed by atoms with Gasteiger partial charge in [0.1, 0.15) is 11.5 Å². The Morgan fingerprint density at radius 3 is 2.59 bits per heavy atom. The van der Waals surface area contributed by atoms with E-state index in [4.69, 9.17) is 19.5 Å². The number of nitrogens with zero attached hydrogens (tertiary/aromatic N) is 3. The number of hydrogen-bond acceptors (Lipinski definition) is 4. The van der Waals surface area contributed by atoms with Crippen molar-refractivity contribution in [3.8, 4) is 11.5 Å². The highest BCUT2D eigenvalue weighted by molar-refractivity contribution is 6.06. The van der Waals surface area contributed by atoms with Crippen molar-refractivity contribution >= 4 is 34.0 Å². The second-order valence-corrected chi connectivity index (χ2v) is 6.90. The number of hydrogen-bond donors (Lipinski definition) is 0. The molecule has 0 radical (unpaired) electrons. The summed E-state index contributed by atoms with van der Waals surface area (Å²) in [7, 11) is 3.36. The van der Waals surface area contributed by atoms with Gasteiger partial charge < -0.3 is 14.0 Å². The molecule has 0 aliphatic heterocycles. The molecule has 5 heteroatoms. The summed E-state index contributed by atoms with van der Waals surface area (Å²) in [5.41, 5.74) is 3.05. The Morgan fingerprint density at radius 2 is 1.79 bits per heavy atom.